The Morgan fingerprint density at radius 2 is 1.82 bits per heavy atom. The van der Waals surface area contributed by atoms with Gasteiger partial charge < -0.3 is 14.7 Å². The van der Waals surface area contributed by atoms with E-state index >= 15 is 0 Å². The van der Waals surface area contributed by atoms with Gasteiger partial charge in [0.1, 0.15) is 10.0 Å². The number of amidine groups is 1. The smallest absolute Gasteiger partial charge is 0.254 e. The van der Waals surface area contributed by atoms with Crippen LogP contribution in [0.2, 0.25) is 5.02 Å². The highest BCUT2D eigenvalue weighted by atomic mass is 35.5. The van der Waals surface area contributed by atoms with Gasteiger partial charge in [0, 0.05) is 74.6 Å². The second-order valence-corrected chi connectivity index (χ2v) is 13.6. The Labute approximate surface area is 237 Å². The molecule has 0 spiro atoms. The van der Waals surface area contributed by atoms with Crippen LogP contribution in [0, 0.1) is 0 Å². The zero-order valence-corrected chi connectivity index (χ0v) is 24.4. The number of halogens is 1. The van der Waals surface area contributed by atoms with Gasteiger partial charge in [-0.1, -0.05) is 29.8 Å². The number of rotatable bonds is 6. The summed E-state index contributed by atoms with van der Waals surface area (Å²) in [6.07, 6.45) is 0.0203. The fraction of sp³-hybridized carbons (Fsp3) is 0.370. The van der Waals surface area contributed by atoms with Crippen LogP contribution in [-0.4, -0.2) is 105 Å². The van der Waals surface area contributed by atoms with E-state index in [1.54, 1.807) is 55.4 Å². The maximum absolute atomic E-state index is 13.6. The molecule has 0 aliphatic carbocycles. The molecule has 1 aromatic heterocycles. The Morgan fingerprint density at radius 1 is 1.08 bits per heavy atom. The number of fused-ring (bicyclic) bond motifs is 1. The Bertz CT molecular complexity index is 1550. The van der Waals surface area contributed by atoms with Gasteiger partial charge in [-0.3, -0.25) is 14.6 Å². The molecule has 0 N–H and O–H groups in total. The van der Waals surface area contributed by atoms with Crippen molar-refractivity contribution in [1.82, 2.24) is 19.0 Å². The zero-order valence-electron chi connectivity index (χ0n) is 22.0. The lowest BCUT2D eigenvalue weighted by molar-refractivity contribution is -0.130. The molecule has 39 heavy (non-hydrogen) atoms. The number of carbonyl (C=O) groups excluding carboxylic acids is 2. The fourth-order valence-electron chi connectivity index (χ4n) is 4.88. The molecule has 2 aliphatic heterocycles. The number of sulfonamides is 1. The van der Waals surface area contributed by atoms with Crippen molar-refractivity contribution in [3.05, 3.63) is 64.7 Å². The molecular weight excluding hydrogens is 558 g/mol. The first-order valence-electron chi connectivity index (χ1n) is 12.6. The Morgan fingerprint density at radius 3 is 2.49 bits per heavy atom. The van der Waals surface area contributed by atoms with Crippen molar-refractivity contribution in [1.29, 1.82) is 0 Å². The van der Waals surface area contributed by atoms with Crippen molar-refractivity contribution in [2.45, 2.75) is 16.7 Å². The summed E-state index contributed by atoms with van der Waals surface area (Å²) >= 11 is 7.26. The number of thiophene rings is 1. The molecule has 1 saturated heterocycles. The number of aliphatic imine (C=N–C) groups is 1. The minimum atomic E-state index is -3.83. The van der Waals surface area contributed by atoms with E-state index in [1.807, 2.05) is 19.2 Å². The predicted molar refractivity (Wildman–Crippen MR) is 154 cm³/mol. The van der Waals surface area contributed by atoms with Crippen molar-refractivity contribution in [3.63, 3.8) is 0 Å². The topological polar surface area (TPSA) is 93.6 Å². The van der Waals surface area contributed by atoms with Gasteiger partial charge in [-0.05, 0) is 35.7 Å². The molecule has 0 radical (unpaired) electrons. The Balaban J connectivity index is 1.39. The van der Waals surface area contributed by atoms with Gasteiger partial charge in [0.15, 0.2) is 0 Å². The second kappa shape index (κ2) is 10.9. The second-order valence-electron chi connectivity index (χ2n) is 9.96. The van der Waals surface area contributed by atoms with Gasteiger partial charge in [-0.25, -0.2) is 8.42 Å². The first kappa shape index (κ1) is 27.6. The summed E-state index contributed by atoms with van der Waals surface area (Å²) in [5, 5.41) is 1.34. The molecular formula is C27H30ClN5O4S2. The van der Waals surface area contributed by atoms with Crippen LogP contribution in [0.5, 0.6) is 0 Å². The van der Waals surface area contributed by atoms with E-state index in [0.717, 1.165) is 45.9 Å². The molecule has 5 rings (SSSR count). The third-order valence-electron chi connectivity index (χ3n) is 7.12. The summed E-state index contributed by atoms with van der Waals surface area (Å²) in [6.45, 7) is 1.95. The van der Waals surface area contributed by atoms with Gasteiger partial charge >= 0.3 is 0 Å². The lowest BCUT2D eigenvalue weighted by atomic mass is 10.0. The van der Waals surface area contributed by atoms with E-state index in [1.165, 1.54) is 9.21 Å². The predicted octanol–water partition coefficient (Wildman–Crippen LogP) is 3.24. The number of piperazine rings is 1. The molecule has 12 heteroatoms. The summed E-state index contributed by atoms with van der Waals surface area (Å²) in [7, 11) is 1.45. The van der Waals surface area contributed by atoms with Crippen molar-refractivity contribution in [3.8, 4) is 0 Å². The minimum Gasteiger partial charge on any atom is -0.358 e. The molecule has 3 heterocycles. The highest BCUT2D eigenvalue weighted by Crippen LogP contribution is 2.34. The van der Waals surface area contributed by atoms with E-state index in [9.17, 15) is 18.0 Å². The maximum Gasteiger partial charge on any atom is 0.254 e. The van der Waals surface area contributed by atoms with Crippen LogP contribution in [0.4, 0.5) is 0 Å². The maximum atomic E-state index is 13.6. The molecule has 0 bridgehead atoms. The third-order valence-corrected chi connectivity index (χ3v) is 10.8. The normalized spacial score (nSPS) is 18.5. The van der Waals surface area contributed by atoms with Gasteiger partial charge in [-0.2, -0.15) is 4.31 Å². The molecule has 9 nitrogen and oxygen atoms in total. The van der Waals surface area contributed by atoms with E-state index in [4.69, 9.17) is 11.6 Å². The first-order chi connectivity index (χ1) is 18.5. The number of amides is 2. The van der Waals surface area contributed by atoms with Crippen LogP contribution in [0.3, 0.4) is 0 Å². The van der Waals surface area contributed by atoms with Gasteiger partial charge in [0.25, 0.3) is 15.9 Å². The quantitative estimate of drug-likeness (QED) is 0.441. The van der Waals surface area contributed by atoms with E-state index in [0.29, 0.717) is 10.6 Å². The SMILES string of the molecule is CN(C)C(=O)CC1CN(S(=O)(=O)c2cc3ccc(Cl)cc3s2)CCN1C(=O)c1ccc(C2=NCCN2C)cc1. The average molecular weight is 588 g/mol. The number of nitrogens with zero attached hydrogens (tertiary/aromatic N) is 5. The molecule has 1 unspecified atom stereocenters. The van der Waals surface area contributed by atoms with Gasteiger partial charge in [-0.15, -0.1) is 11.3 Å². The Hall–Kier alpha value is -2.99. The average Bonchev–Trinajstić information content (AvgIpc) is 3.54. The number of likely N-dealkylation sites (N-methyl/N-ethyl adjacent to an activating group) is 1. The molecule has 2 aromatic carbocycles. The summed E-state index contributed by atoms with van der Waals surface area (Å²) < 4.78 is 29.6. The summed E-state index contributed by atoms with van der Waals surface area (Å²) in [5.41, 5.74) is 1.42. The highest BCUT2D eigenvalue weighted by Gasteiger charge is 2.38. The van der Waals surface area contributed by atoms with Crippen LogP contribution in [0.25, 0.3) is 10.1 Å². The van der Waals surface area contributed by atoms with Crippen LogP contribution < -0.4 is 0 Å². The lowest BCUT2D eigenvalue weighted by Gasteiger charge is -2.40. The van der Waals surface area contributed by atoms with Crippen LogP contribution in [-0.2, 0) is 14.8 Å². The fourth-order valence-corrected chi connectivity index (χ4v) is 8.18. The first-order valence-corrected chi connectivity index (χ1v) is 15.2. The lowest BCUT2D eigenvalue weighted by Crippen LogP contribution is -2.57. The highest BCUT2D eigenvalue weighted by molar-refractivity contribution is 7.91. The van der Waals surface area contributed by atoms with Crippen molar-refractivity contribution >= 4 is 60.7 Å². The molecule has 2 aliphatic rings. The van der Waals surface area contributed by atoms with E-state index in [-0.39, 0.29) is 42.1 Å². The number of carbonyl (C=O) groups is 2. The monoisotopic (exact) mass is 587 g/mol. The number of hydrogen-bond acceptors (Lipinski definition) is 7. The summed E-state index contributed by atoms with van der Waals surface area (Å²) in [5.74, 6) is 0.491. The zero-order chi connectivity index (χ0) is 27.9. The summed E-state index contributed by atoms with van der Waals surface area (Å²) in [4.78, 5) is 36.0. The molecule has 206 valence electrons. The molecule has 2 amide bonds. The van der Waals surface area contributed by atoms with Crippen molar-refractivity contribution in [2.75, 3.05) is 53.9 Å². The van der Waals surface area contributed by atoms with Crippen LogP contribution in [0.15, 0.2) is 57.7 Å². The molecule has 1 atom stereocenters. The van der Waals surface area contributed by atoms with Crippen molar-refractivity contribution < 1.29 is 18.0 Å². The number of hydrogen-bond donors (Lipinski definition) is 0. The van der Waals surface area contributed by atoms with Gasteiger partial charge in [0.2, 0.25) is 5.91 Å². The van der Waals surface area contributed by atoms with E-state index < -0.39 is 16.1 Å². The molecule has 1 fully saturated rings. The van der Waals surface area contributed by atoms with Crippen molar-refractivity contribution in [2.24, 2.45) is 4.99 Å². The van der Waals surface area contributed by atoms with Gasteiger partial charge in [0.05, 0.1) is 12.6 Å². The van der Waals surface area contributed by atoms with Crippen LogP contribution >= 0.6 is 22.9 Å². The Kier molecular flexibility index (Phi) is 7.69. The van der Waals surface area contributed by atoms with E-state index in [2.05, 4.69) is 9.89 Å². The molecule has 0 saturated carbocycles. The van der Waals surface area contributed by atoms with Crippen LogP contribution in [0.1, 0.15) is 22.3 Å². The minimum absolute atomic E-state index is 0.0203. The number of benzene rings is 2. The molecule has 3 aromatic rings. The summed E-state index contributed by atoms with van der Waals surface area (Å²) in [6, 6.07) is 13.6. The largest absolute Gasteiger partial charge is 0.358 e. The standard InChI is InChI=1S/C27H30ClN5O4S2/c1-30(2)24(34)16-22-17-32(39(36,37)25-14-20-8-9-21(28)15-23(20)38-25)12-13-33(22)27(35)19-6-4-18(5-7-19)26-29-10-11-31(26)3/h4-9,14-15,22H,10-13,16-17H2,1-3H3. The third kappa shape index (κ3) is 5.54.